The van der Waals surface area contributed by atoms with Gasteiger partial charge in [0.25, 0.3) is 15.9 Å². The summed E-state index contributed by atoms with van der Waals surface area (Å²) in [4.78, 5) is 12.3. The van der Waals surface area contributed by atoms with Crippen molar-refractivity contribution < 1.29 is 17.6 Å². The normalized spacial score (nSPS) is 11.6. The number of rotatable bonds is 6. The standard InChI is InChI=1S/C17H15N3O4S2/c1-12-8-9-13(24-12)11-18-19-17(21)14-5-2-3-6-15(14)20-26(22,23)16-7-4-10-25-16/h2-11,20H,1H3,(H,19,21)/b18-11+. The Hall–Kier alpha value is -2.91. The van der Waals surface area contributed by atoms with Gasteiger partial charge in [-0.3, -0.25) is 9.52 Å². The van der Waals surface area contributed by atoms with Crippen LogP contribution in [0.5, 0.6) is 0 Å². The van der Waals surface area contributed by atoms with Crippen molar-refractivity contribution in [2.45, 2.75) is 11.1 Å². The minimum Gasteiger partial charge on any atom is -0.460 e. The Labute approximate surface area is 154 Å². The molecule has 134 valence electrons. The van der Waals surface area contributed by atoms with Crippen molar-refractivity contribution >= 4 is 39.2 Å². The number of furan rings is 1. The minimum absolute atomic E-state index is 0.153. The van der Waals surface area contributed by atoms with Gasteiger partial charge in [0.1, 0.15) is 15.7 Å². The molecule has 7 nitrogen and oxygen atoms in total. The number of thiophene rings is 1. The molecule has 9 heteroatoms. The van der Waals surface area contributed by atoms with Gasteiger partial charge < -0.3 is 4.42 Å². The third kappa shape index (κ3) is 4.19. The second-order valence-electron chi connectivity index (χ2n) is 5.23. The lowest BCUT2D eigenvalue weighted by Gasteiger charge is -2.10. The Morgan fingerprint density at radius 1 is 1.15 bits per heavy atom. The van der Waals surface area contributed by atoms with Crippen molar-refractivity contribution in [3.8, 4) is 0 Å². The minimum atomic E-state index is -3.75. The summed E-state index contributed by atoms with van der Waals surface area (Å²) in [7, 11) is -3.75. The maximum atomic E-state index is 12.4. The first kappa shape index (κ1) is 17.9. The van der Waals surface area contributed by atoms with Crippen LogP contribution in [-0.4, -0.2) is 20.5 Å². The van der Waals surface area contributed by atoms with Crippen LogP contribution in [0.25, 0.3) is 0 Å². The second kappa shape index (κ2) is 7.54. The Kier molecular flexibility index (Phi) is 5.19. The Morgan fingerprint density at radius 2 is 1.96 bits per heavy atom. The lowest BCUT2D eigenvalue weighted by atomic mass is 10.2. The van der Waals surface area contributed by atoms with Crippen LogP contribution in [0, 0.1) is 6.92 Å². The van der Waals surface area contributed by atoms with E-state index in [0.717, 1.165) is 17.1 Å². The number of hydrazone groups is 1. The van der Waals surface area contributed by atoms with Gasteiger partial charge >= 0.3 is 0 Å². The van der Waals surface area contributed by atoms with Crippen molar-refractivity contribution in [1.29, 1.82) is 0 Å². The lowest BCUT2D eigenvalue weighted by Crippen LogP contribution is -2.21. The van der Waals surface area contributed by atoms with Crippen molar-refractivity contribution in [3.05, 3.63) is 71.0 Å². The molecule has 0 bridgehead atoms. The molecule has 1 amide bonds. The van der Waals surface area contributed by atoms with Gasteiger partial charge in [0.2, 0.25) is 0 Å². The largest absolute Gasteiger partial charge is 0.460 e. The number of aryl methyl sites for hydroxylation is 1. The number of carbonyl (C=O) groups excluding carboxylic acids is 1. The number of nitrogens with zero attached hydrogens (tertiary/aromatic N) is 1. The maximum absolute atomic E-state index is 12.4. The van der Waals surface area contributed by atoms with Gasteiger partial charge in [-0.15, -0.1) is 11.3 Å². The maximum Gasteiger partial charge on any atom is 0.273 e. The highest BCUT2D eigenvalue weighted by atomic mass is 32.2. The fourth-order valence-electron chi connectivity index (χ4n) is 2.12. The van der Waals surface area contributed by atoms with E-state index in [2.05, 4.69) is 15.2 Å². The molecule has 2 heterocycles. The predicted molar refractivity (Wildman–Crippen MR) is 100 cm³/mol. The summed E-state index contributed by atoms with van der Waals surface area (Å²) in [5, 5.41) is 5.49. The molecule has 0 fully saturated rings. The van der Waals surface area contributed by atoms with Crippen molar-refractivity contribution in [2.75, 3.05) is 4.72 Å². The molecule has 0 saturated heterocycles. The van der Waals surface area contributed by atoms with E-state index in [1.807, 2.05) is 0 Å². The highest BCUT2D eigenvalue weighted by Crippen LogP contribution is 2.22. The van der Waals surface area contributed by atoms with Gasteiger partial charge in [-0.1, -0.05) is 18.2 Å². The van der Waals surface area contributed by atoms with Crippen molar-refractivity contribution in [1.82, 2.24) is 5.43 Å². The topological polar surface area (TPSA) is 101 Å². The van der Waals surface area contributed by atoms with Crippen LogP contribution in [0.2, 0.25) is 0 Å². The van der Waals surface area contributed by atoms with E-state index in [-0.39, 0.29) is 15.5 Å². The molecule has 0 radical (unpaired) electrons. The first-order valence-electron chi connectivity index (χ1n) is 7.51. The molecule has 0 aliphatic heterocycles. The van der Waals surface area contributed by atoms with E-state index in [1.165, 1.54) is 24.4 Å². The first-order chi connectivity index (χ1) is 12.5. The van der Waals surface area contributed by atoms with Gasteiger partial charge in [-0.25, -0.2) is 13.8 Å². The van der Waals surface area contributed by atoms with Crippen LogP contribution in [0.15, 0.2) is 67.6 Å². The number of sulfonamides is 1. The number of hydrogen-bond acceptors (Lipinski definition) is 6. The molecule has 3 rings (SSSR count). The van der Waals surface area contributed by atoms with E-state index in [9.17, 15) is 13.2 Å². The number of anilines is 1. The summed E-state index contributed by atoms with van der Waals surface area (Å²) in [6.45, 7) is 1.80. The Morgan fingerprint density at radius 3 is 2.65 bits per heavy atom. The molecule has 2 aromatic heterocycles. The molecule has 0 aliphatic carbocycles. The molecular formula is C17H15N3O4S2. The highest BCUT2D eigenvalue weighted by molar-refractivity contribution is 7.94. The smallest absolute Gasteiger partial charge is 0.273 e. The summed E-state index contributed by atoms with van der Waals surface area (Å²) in [6, 6.07) is 12.9. The average Bonchev–Trinajstić information content (AvgIpc) is 3.27. The molecule has 0 unspecified atom stereocenters. The van der Waals surface area contributed by atoms with Crippen molar-refractivity contribution in [2.24, 2.45) is 5.10 Å². The van der Waals surface area contributed by atoms with Crippen molar-refractivity contribution in [3.63, 3.8) is 0 Å². The number of benzene rings is 1. The Balaban J connectivity index is 1.76. The molecule has 0 spiro atoms. The van der Waals surface area contributed by atoms with Gasteiger partial charge in [0.15, 0.2) is 0 Å². The van der Waals surface area contributed by atoms with E-state index in [0.29, 0.717) is 5.76 Å². The molecule has 0 saturated carbocycles. The molecular weight excluding hydrogens is 374 g/mol. The van der Waals surface area contributed by atoms with Crippen LogP contribution >= 0.6 is 11.3 Å². The van der Waals surface area contributed by atoms with E-state index >= 15 is 0 Å². The summed E-state index contributed by atoms with van der Waals surface area (Å²) in [5.74, 6) is 0.676. The summed E-state index contributed by atoms with van der Waals surface area (Å²) in [6.07, 6.45) is 1.36. The monoisotopic (exact) mass is 389 g/mol. The van der Waals surface area contributed by atoms with Crippen LogP contribution in [0.3, 0.4) is 0 Å². The summed E-state index contributed by atoms with van der Waals surface area (Å²) in [5.41, 5.74) is 2.68. The van der Waals surface area contributed by atoms with Gasteiger partial charge in [0, 0.05) is 0 Å². The van der Waals surface area contributed by atoms with Gasteiger partial charge in [0.05, 0.1) is 17.5 Å². The first-order valence-corrected chi connectivity index (χ1v) is 9.87. The number of carbonyl (C=O) groups is 1. The fourth-order valence-corrected chi connectivity index (χ4v) is 4.19. The van der Waals surface area contributed by atoms with E-state index in [4.69, 9.17) is 4.42 Å². The summed E-state index contributed by atoms with van der Waals surface area (Å²) >= 11 is 1.09. The van der Waals surface area contributed by atoms with Gasteiger partial charge in [-0.2, -0.15) is 5.10 Å². The van der Waals surface area contributed by atoms with E-state index in [1.54, 1.807) is 42.6 Å². The molecule has 0 atom stereocenters. The number of nitrogens with one attached hydrogen (secondary N) is 2. The van der Waals surface area contributed by atoms with Crippen LogP contribution in [0.1, 0.15) is 21.9 Å². The third-order valence-corrected chi connectivity index (χ3v) is 6.06. The molecule has 0 aliphatic rings. The fraction of sp³-hybridized carbons (Fsp3) is 0.0588. The van der Waals surface area contributed by atoms with E-state index < -0.39 is 15.9 Å². The zero-order valence-corrected chi connectivity index (χ0v) is 15.3. The number of para-hydroxylation sites is 1. The number of amides is 1. The van der Waals surface area contributed by atoms with Crippen LogP contribution in [0.4, 0.5) is 5.69 Å². The predicted octanol–water partition coefficient (Wildman–Crippen LogP) is 3.21. The molecule has 26 heavy (non-hydrogen) atoms. The second-order valence-corrected chi connectivity index (χ2v) is 8.09. The number of hydrogen-bond donors (Lipinski definition) is 2. The average molecular weight is 389 g/mol. The molecule has 3 aromatic rings. The molecule has 2 N–H and O–H groups in total. The van der Waals surface area contributed by atoms with Crippen LogP contribution in [-0.2, 0) is 10.0 Å². The Bertz CT molecular complexity index is 1040. The van der Waals surface area contributed by atoms with Gasteiger partial charge in [-0.05, 0) is 42.6 Å². The zero-order valence-electron chi connectivity index (χ0n) is 13.7. The third-order valence-electron chi connectivity index (χ3n) is 3.29. The zero-order chi connectivity index (χ0) is 18.6. The summed E-state index contributed by atoms with van der Waals surface area (Å²) < 4.78 is 32.6. The SMILES string of the molecule is Cc1ccc(/C=N/NC(=O)c2ccccc2NS(=O)(=O)c2cccs2)o1. The lowest BCUT2D eigenvalue weighted by molar-refractivity contribution is 0.0956. The quantitative estimate of drug-likeness (QED) is 0.499. The van der Waals surface area contributed by atoms with Crippen LogP contribution < -0.4 is 10.1 Å². The molecule has 1 aromatic carbocycles. The highest BCUT2D eigenvalue weighted by Gasteiger charge is 2.19.